The van der Waals surface area contributed by atoms with Crippen molar-refractivity contribution >= 4 is 23.4 Å². The molecule has 0 N–H and O–H groups in total. The van der Waals surface area contributed by atoms with Crippen LogP contribution in [0.15, 0.2) is 46.0 Å². The minimum Gasteiger partial charge on any atom is -0.411 e. The van der Waals surface area contributed by atoms with E-state index in [2.05, 4.69) is 22.1 Å². The smallest absolute Gasteiger partial charge is 0.276 e. The Morgan fingerprint density at radius 3 is 2.58 bits per heavy atom. The summed E-state index contributed by atoms with van der Waals surface area (Å²) in [7, 11) is 0. The first-order chi connectivity index (χ1) is 11.7. The molecule has 0 fully saturated rings. The number of aromatic nitrogens is 3. The average molecular weight is 360 g/mol. The Hall–Kier alpha value is -1.85. The van der Waals surface area contributed by atoms with Gasteiger partial charge >= 0.3 is 0 Å². The summed E-state index contributed by atoms with van der Waals surface area (Å²) in [6.07, 6.45) is 2.29. The van der Waals surface area contributed by atoms with Gasteiger partial charge in [0, 0.05) is 16.3 Å². The van der Waals surface area contributed by atoms with Crippen LogP contribution in [0.4, 0.5) is 0 Å². The van der Waals surface area contributed by atoms with E-state index < -0.39 is 0 Å². The molecule has 24 heavy (non-hydrogen) atoms. The van der Waals surface area contributed by atoms with E-state index in [0.29, 0.717) is 16.1 Å². The number of pyridine rings is 1. The second-order valence-corrected chi connectivity index (χ2v) is 6.89. The van der Waals surface area contributed by atoms with E-state index in [1.54, 1.807) is 11.8 Å². The van der Waals surface area contributed by atoms with Crippen LogP contribution in [0.3, 0.4) is 0 Å². The number of unbranched alkanes of at least 4 members (excludes halogenated alkanes) is 1. The second-order valence-electron chi connectivity index (χ2n) is 5.41. The van der Waals surface area contributed by atoms with Crippen LogP contribution < -0.4 is 0 Å². The number of thioether (sulfide) groups is 1. The minimum absolute atomic E-state index is 0.515. The van der Waals surface area contributed by atoms with E-state index in [4.69, 9.17) is 16.0 Å². The summed E-state index contributed by atoms with van der Waals surface area (Å²) in [5.74, 6) is 1.51. The SMILES string of the molecule is CCCCSc1nnc(-c2ccc(-c3ccc(Cl)cc3)nc2C)o1. The molecule has 0 radical (unpaired) electrons. The van der Waals surface area contributed by atoms with Crippen molar-refractivity contribution in [1.82, 2.24) is 15.2 Å². The van der Waals surface area contributed by atoms with E-state index in [1.807, 2.05) is 43.3 Å². The Labute approximate surface area is 150 Å². The standard InChI is InChI=1S/C18H18ClN3OS/c1-3-4-11-24-18-22-21-17(23-18)15-9-10-16(20-12(15)2)13-5-7-14(19)8-6-13/h5-10H,3-4,11H2,1-2H3. The molecule has 0 saturated carbocycles. The van der Waals surface area contributed by atoms with Gasteiger partial charge in [-0.1, -0.05) is 48.8 Å². The van der Waals surface area contributed by atoms with Crippen LogP contribution in [0, 0.1) is 6.92 Å². The van der Waals surface area contributed by atoms with Gasteiger partial charge in [-0.25, -0.2) is 0 Å². The lowest BCUT2D eigenvalue weighted by Crippen LogP contribution is -1.91. The predicted octanol–water partition coefficient (Wildman–Crippen LogP) is 5.65. The third-order valence-corrected chi connectivity index (χ3v) is 4.74. The Morgan fingerprint density at radius 2 is 1.88 bits per heavy atom. The molecular formula is C18H18ClN3OS. The van der Waals surface area contributed by atoms with Gasteiger partial charge in [-0.05, 0) is 37.6 Å². The molecule has 0 spiro atoms. The van der Waals surface area contributed by atoms with E-state index in [1.165, 1.54) is 0 Å². The zero-order valence-corrected chi connectivity index (χ0v) is 15.2. The minimum atomic E-state index is 0.515. The molecule has 4 nitrogen and oxygen atoms in total. The third-order valence-electron chi connectivity index (χ3n) is 3.59. The van der Waals surface area contributed by atoms with Gasteiger partial charge in [-0.2, -0.15) is 0 Å². The zero-order chi connectivity index (χ0) is 16.9. The number of nitrogens with zero attached hydrogens (tertiary/aromatic N) is 3. The fourth-order valence-corrected chi connectivity index (χ4v) is 3.22. The van der Waals surface area contributed by atoms with Crippen molar-refractivity contribution in [3.05, 3.63) is 47.1 Å². The Balaban J connectivity index is 1.81. The monoisotopic (exact) mass is 359 g/mol. The molecule has 0 unspecified atom stereocenters. The molecule has 2 aromatic heterocycles. The van der Waals surface area contributed by atoms with Crippen molar-refractivity contribution in [2.45, 2.75) is 31.9 Å². The molecule has 1 aromatic carbocycles. The highest BCUT2D eigenvalue weighted by Gasteiger charge is 2.13. The summed E-state index contributed by atoms with van der Waals surface area (Å²) in [6.45, 7) is 4.11. The van der Waals surface area contributed by atoms with E-state index in [0.717, 1.165) is 41.1 Å². The van der Waals surface area contributed by atoms with Gasteiger partial charge in [-0.3, -0.25) is 4.98 Å². The first-order valence-corrected chi connectivity index (χ1v) is 9.24. The van der Waals surface area contributed by atoms with Crippen molar-refractivity contribution in [1.29, 1.82) is 0 Å². The van der Waals surface area contributed by atoms with Crippen molar-refractivity contribution < 1.29 is 4.42 Å². The molecule has 0 aliphatic carbocycles. The van der Waals surface area contributed by atoms with Gasteiger partial charge in [0.15, 0.2) is 0 Å². The maximum absolute atomic E-state index is 5.93. The van der Waals surface area contributed by atoms with Crippen LogP contribution in [0.2, 0.25) is 5.02 Å². The summed E-state index contributed by atoms with van der Waals surface area (Å²) in [5, 5.41) is 9.57. The lowest BCUT2D eigenvalue weighted by atomic mass is 10.1. The van der Waals surface area contributed by atoms with Crippen LogP contribution in [0.1, 0.15) is 25.5 Å². The maximum atomic E-state index is 5.93. The fourth-order valence-electron chi connectivity index (χ4n) is 2.25. The lowest BCUT2D eigenvalue weighted by Gasteiger charge is -2.05. The molecule has 124 valence electrons. The van der Waals surface area contributed by atoms with E-state index in [9.17, 15) is 0 Å². The second kappa shape index (κ2) is 7.81. The number of hydrogen-bond acceptors (Lipinski definition) is 5. The summed E-state index contributed by atoms with van der Waals surface area (Å²) in [6, 6.07) is 11.6. The molecule has 0 amide bonds. The summed E-state index contributed by atoms with van der Waals surface area (Å²) in [5.41, 5.74) is 3.64. The van der Waals surface area contributed by atoms with Crippen LogP contribution in [-0.2, 0) is 0 Å². The molecule has 0 aliphatic heterocycles. The van der Waals surface area contributed by atoms with Gasteiger partial charge in [0.1, 0.15) is 0 Å². The summed E-state index contributed by atoms with van der Waals surface area (Å²) in [4.78, 5) is 4.66. The van der Waals surface area contributed by atoms with Crippen LogP contribution >= 0.6 is 23.4 Å². The molecule has 0 atom stereocenters. The largest absolute Gasteiger partial charge is 0.411 e. The van der Waals surface area contributed by atoms with Gasteiger partial charge in [0.2, 0.25) is 0 Å². The van der Waals surface area contributed by atoms with Crippen molar-refractivity contribution in [2.24, 2.45) is 0 Å². The van der Waals surface area contributed by atoms with Crippen LogP contribution in [0.5, 0.6) is 0 Å². The van der Waals surface area contributed by atoms with Crippen LogP contribution in [-0.4, -0.2) is 20.9 Å². The normalized spacial score (nSPS) is 11.0. The maximum Gasteiger partial charge on any atom is 0.276 e. The molecule has 3 aromatic rings. The summed E-state index contributed by atoms with van der Waals surface area (Å²) >= 11 is 7.53. The van der Waals surface area contributed by atoms with Gasteiger partial charge in [0.25, 0.3) is 11.1 Å². The van der Waals surface area contributed by atoms with E-state index >= 15 is 0 Å². The summed E-state index contributed by atoms with van der Waals surface area (Å²) < 4.78 is 5.74. The Kier molecular flexibility index (Phi) is 5.53. The third kappa shape index (κ3) is 3.97. The first-order valence-electron chi connectivity index (χ1n) is 7.87. The van der Waals surface area contributed by atoms with Crippen LogP contribution in [0.25, 0.3) is 22.7 Å². The van der Waals surface area contributed by atoms with Crippen molar-refractivity contribution in [2.75, 3.05) is 5.75 Å². The molecule has 0 bridgehead atoms. The highest BCUT2D eigenvalue weighted by Crippen LogP contribution is 2.28. The zero-order valence-electron chi connectivity index (χ0n) is 13.6. The highest BCUT2D eigenvalue weighted by molar-refractivity contribution is 7.99. The quantitative estimate of drug-likeness (QED) is 0.420. The van der Waals surface area contributed by atoms with Crippen molar-refractivity contribution in [3.8, 4) is 22.7 Å². The number of halogens is 1. The van der Waals surface area contributed by atoms with Gasteiger partial charge < -0.3 is 4.42 Å². The highest BCUT2D eigenvalue weighted by atomic mass is 35.5. The molecule has 6 heteroatoms. The fraction of sp³-hybridized carbons (Fsp3) is 0.278. The molecule has 2 heterocycles. The molecular weight excluding hydrogens is 342 g/mol. The Morgan fingerprint density at radius 1 is 1.08 bits per heavy atom. The predicted molar refractivity (Wildman–Crippen MR) is 98.3 cm³/mol. The molecule has 0 aliphatic rings. The molecule has 3 rings (SSSR count). The van der Waals surface area contributed by atoms with Gasteiger partial charge in [0.05, 0.1) is 17.0 Å². The molecule has 0 saturated heterocycles. The number of aryl methyl sites for hydroxylation is 1. The topological polar surface area (TPSA) is 51.8 Å². The lowest BCUT2D eigenvalue weighted by molar-refractivity contribution is 0.465. The van der Waals surface area contributed by atoms with Crippen molar-refractivity contribution in [3.63, 3.8) is 0 Å². The van der Waals surface area contributed by atoms with E-state index in [-0.39, 0.29) is 0 Å². The average Bonchev–Trinajstić information content (AvgIpc) is 3.04. The van der Waals surface area contributed by atoms with Gasteiger partial charge in [-0.15, -0.1) is 10.2 Å². The number of hydrogen-bond donors (Lipinski definition) is 0. The Bertz CT molecular complexity index is 817. The number of rotatable bonds is 6. The first kappa shape index (κ1) is 17.0. The number of benzene rings is 1.